The van der Waals surface area contributed by atoms with Crippen LogP contribution in [0.25, 0.3) is 0 Å². The molecule has 126 valence electrons. The van der Waals surface area contributed by atoms with Crippen molar-refractivity contribution in [2.24, 2.45) is 4.99 Å². The Bertz CT molecular complexity index is 616. The number of benzene rings is 1. The lowest BCUT2D eigenvalue weighted by Crippen LogP contribution is -2.27. The van der Waals surface area contributed by atoms with Crippen molar-refractivity contribution in [3.05, 3.63) is 28.8 Å². The molecule has 2 amide bonds. The second-order valence-corrected chi connectivity index (χ2v) is 5.79. The SMILES string of the molecule is CN1CCCCCC1=NC(=O)Nc1cc(C(F)(F)F)ccc1Cl. The lowest BCUT2D eigenvalue weighted by molar-refractivity contribution is -0.137. The first-order valence-corrected chi connectivity index (χ1v) is 7.61. The Labute approximate surface area is 137 Å². The Hall–Kier alpha value is -1.76. The van der Waals surface area contributed by atoms with Crippen LogP contribution in [-0.4, -0.2) is 30.4 Å². The topological polar surface area (TPSA) is 44.7 Å². The maximum Gasteiger partial charge on any atom is 0.416 e. The zero-order valence-electron chi connectivity index (χ0n) is 12.6. The van der Waals surface area contributed by atoms with Crippen LogP contribution in [0.15, 0.2) is 23.2 Å². The minimum Gasteiger partial charge on any atom is -0.363 e. The molecule has 1 saturated heterocycles. The van der Waals surface area contributed by atoms with Gasteiger partial charge in [-0.3, -0.25) is 0 Å². The van der Waals surface area contributed by atoms with Gasteiger partial charge in [0.15, 0.2) is 0 Å². The summed E-state index contributed by atoms with van der Waals surface area (Å²) in [5, 5.41) is 2.35. The van der Waals surface area contributed by atoms with Crippen molar-refractivity contribution >= 4 is 29.2 Å². The van der Waals surface area contributed by atoms with Crippen molar-refractivity contribution in [2.45, 2.75) is 31.9 Å². The number of likely N-dealkylation sites (tertiary alicyclic amines) is 1. The van der Waals surface area contributed by atoms with Gasteiger partial charge in [-0.05, 0) is 31.0 Å². The Morgan fingerprint density at radius 1 is 1.30 bits per heavy atom. The summed E-state index contributed by atoms with van der Waals surface area (Å²) in [5.74, 6) is 0.628. The maximum atomic E-state index is 12.7. The number of amides is 2. The summed E-state index contributed by atoms with van der Waals surface area (Å²) < 4.78 is 38.1. The van der Waals surface area contributed by atoms with Crippen LogP contribution in [-0.2, 0) is 6.18 Å². The Balaban J connectivity index is 2.16. The number of carbonyl (C=O) groups excluding carboxylic acids is 1. The molecule has 1 aromatic carbocycles. The van der Waals surface area contributed by atoms with Gasteiger partial charge >= 0.3 is 12.2 Å². The Morgan fingerprint density at radius 3 is 2.74 bits per heavy atom. The number of rotatable bonds is 1. The largest absolute Gasteiger partial charge is 0.416 e. The van der Waals surface area contributed by atoms with Crippen molar-refractivity contribution in [1.82, 2.24) is 4.90 Å². The molecule has 0 aliphatic carbocycles. The van der Waals surface area contributed by atoms with Crippen LogP contribution in [0.4, 0.5) is 23.7 Å². The van der Waals surface area contributed by atoms with Crippen molar-refractivity contribution in [1.29, 1.82) is 0 Å². The summed E-state index contributed by atoms with van der Waals surface area (Å²) in [6, 6.07) is 2.04. The summed E-state index contributed by atoms with van der Waals surface area (Å²) in [5.41, 5.74) is -0.983. The molecule has 1 N–H and O–H groups in total. The second kappa shape index (κ2) is 7.21. The molecule has 4 nitrogen and oxygen atoms in total. The zero-order chi connectivity index (χ0) is 17.0. The molecule has 0 aromatic heterocycles. The van der Waals surface area contributed by atoms with E-state index >= 15 is 0 Å². The van der Waals surface area contributed by atoms with E-state index in [2.05, 4.69) is 10.3 Å². The number of amidine groups is 1. The van der Waals surface area contributed by atoms with Gasteiger partial charge in [-0.25, -0.2) is 4.79 Å². The molecule has 1 heterocycles. The molecule has 8 heteroatoms. The average molecular weight is 348 g/mol. The van der Waals surface area contributed by atoms with Gasteiger partial charge in [0, 0.05) is 20.0 Å². The number of urea groups is 1. The predicted octanol–water partition coefficient (Wildman–Crippen LogP) is 4.80. The fraction of sp³-hybridized carbons (Fsp3) is 0.467. The molecule has 1 fully saturated rings. The van der Waals surface area contributed by atoms with E-state index < -0.39 is 17.8 Å². The van der Waals surface area contributed by atoms with Gasteiger partial charge in [-0.1, -0.05) is 18.0 Å². The van der Waals surface area contributed by atoms with E-state index in [1.165, 1.54) is 0 Å². The van der Waals surface area contributed by atoms with Gasteiger partial charge < -0.3 is 10.2 Å². The number of aliphatic imine (C=N–C) groups is 1. The van der Waals surface area contributed by atoms with Gasteiger partial charge in [-0.15, -0.1) is 0 Å². The normalized spacial score (nSPS) is 18.0. The molecule has 0 bridgehead atoms. The molecular weight excluding hydrogens is 331 g/mol. The second-order valence-electron chi connectivity index (χ2n) is 5.38. The molecule has 0 unspecified atom stereocenters. The lowest BCUT2D eigenvalue weighted by Gasteiger charge is -2.17. The van der Waals surface area contributed by atoms with Crippen LogP contribution in [0.5, 0.6) is 0 Å². The molecule has 1 aliphatic heterocycles. The highest BCUT2D eigenvalue weighted by atomic mass is 35.5. The highest BCUT2D eigenvalue weighted by molar-refractivity contribution is 6.33. The number of nitrogens with zero attached hydrogens (tertiary/aromatic N) is 2. The van der Waals surface area contributed by atoms with E-state index in [1.807, 2.05) is 11.9 Å². The molecular formula is C15H17ClF3N3O. The van der Waals surface area contributed by atoms with Crippen molar-refractivity contribution in [3.8, 4) is 0 Å². The first-order chi connectivity index (χ1) is 10.8. The third-order valence-corrected chi connectivity index (χ3v) is 3.93. The van der Waals surface area contributed by atoms with Crippen LogP contribution >= 0.6 is 11.6 Å². The zero-order valence-corrected chi connectivity index (χ0v) is 13.3. The maximum absolute atomic E-state index is 12.7. The average Bonchev–Trinajstić information content (AvgIpc) is 2.65. The van der Waals surface area contributed by atoms with Gasteiger partial charge in [0.05, 0.1) is 16.3 Å². The molecule has 0 saturated carbocycles. The quantitative estimate of drug-likeness (QED) is 0.793. The van der Waals surface area contributed by atoms with E-state index in [0.717, 1.165) is 44.0 Å². The van der Waals surface area contributed by atoms with Crippen molar-refractivity contribution in [3.63, 3.8) is 0 Å². The van der Waals surface area contributed by atoms with Gasteiger partial charge in [0.25, 0.3) is 0 Å². The van der Waals surface area contributed by atoms with E-state index in [1.54, 1.807) is 0 Å². The van der Waals surface area contributed by atoms with E-state index in [-0.39, 0.29) is 10.7 Å². The molecule has 23 heavy (non-hydrogen) atoms. The minimum absolute atomic E-state index is 0.0285. The summed E-state index contributed by atoms with van der Waals surface area (Å²) in [4.78, 5) is 17.8. The van der Waals surface area contributed by atoms with Gasteiger partial charge in [-0.2, -0.15) is 18.2 Å². The monoisotopic (exact) mass is 347 g/mol. The predicted molar refractivity (Wildman–Crippen MR) is 84.0 cm³/mol. The first kappa shape index (κ1) is 17.6. The van der Waals surface area contributed by atoms with E-state index in [0.29, 0.717) is 12.3 Å². The molecule has 0 atom stereocenters. The van der Waals surface area contributed by atoms with Gasteiger partial charge in [0.2, 0.25) is 0 Å². The van der Waals surface area contributed by atoms with E-state index in [4.69, 9.17) is 11.6 Å². The molecule has 0 spiro atoms. The Kier molecular flexibility index (Phi) is 5.51. The van der Waals surface area contributed by atoms with Crippen LogP contribution in [0.1, 0.15) is 31.2 Å². The summed E-state index contributed by atoms with van der Waals surface area (Å²) in [6.45, 7) is 0.802. The number of halogens is 4. The number of alkyl halides is 3. The highest BCUT2D eigenvalue weighted by Crippen LogP contribution is 2.33. The fourth-order valence-corrected chi connectivity index (χ4v) is 2.49. The number of hydrogen-bond donors (Lipinski definition) is 1. The molecule has 0 radical (unpaired) electrons. The first-order valence-electron chi connectivity index (χ1n) is 7.24. The van der Waals surface area contributed by atoms with Crippen LogP contribution in [0.3, 0.4) is 0 Å². The molecule has 1 aromatic rings. The van der Waals surface area contributed by atoms with Crippen LogP contribution in [0, 0.1) is 0 Å². The van der Waals surface area contributed by atoms with E-state index in [9.17, 15) is 18.0 Å². The highest BCUT2D eigenvalue weighted by Gasteiger charge is 2.31. The standard InChI is InChI=1S/C15H17ClF3N3O/c1-22-8-4-2-3-5-13(22)21-14(23)20-12-9-10(15(17,18)19)6-7-11(12)16/h6-7,9H,2-5,8H2,1H3,(H,20,23). The molecule has 2 rings (SSSR count). The number of anilines is 1. The minimum atomic E-state index is -4.50. The molecule has 1 aliphatic rings. The summed E-state index contributed by atoms with van der Waals surface area (Å²) in [7, 11) is 1.84. The third kappa shape index (κ3) is 4.86. The smallest absolute Gasteiger partial charge is 0.363 e. The lowest BCUT2D eigenvalue weighted by atomic mass is 10.2. The third-order valence-electron chi connectivity index (χ3n) is 3.60. The number of carbonyl (C=O) groups is 1. The van der Waals surface area contributed by atoms with Crippen LogP contribution in [0.2, 0.25) is 5.02 Å². The van der Waals surface area contributed by atoms with Crippen molar-refractivity contribution < 1.29 is 18.0 Å². The summed E-state index contributed by atoms with van der Waals surface area (Å²) >= 11 is 5.85. The fourth-order valence-electron chi connectivity index (χ4n) is 2.33. The van der Waals surface area contributed by atoms with Crippen molar-refractivity contribution in [2.75, 3.05) is 18.9 Å². The Morgan fingerprint density at radius 2 is 2.04 bits per heavy atom. The number of nitrogens with one attached hydrogen (secondary N) is 1. The van der Waals surface area contributed by atoms with Gasteiger partial charge in [0.1, 0.15) is 5.84 Å². The van der Waals surface area contributed by atoms with Crippen LogP contribution < -0.4 is 5.32 Å². The number of hydrogen-bond acceptors (Lipinski definition) is 1. The summed E-state index contributed by atoms with van der Waals surface area (Å²) in [6.07, 6.45) is -0.820.